The van der Waals surface area contributed by atoms with Gasteiger partial charge in [0.15, 0.2) is 0 Å². The van der Waals surface area contributed by atoms with E-state index in [1.54, 1.807) is 13.2 Å². The van der Waals surface area contributed by atoms with Gasteiger partial charge in [0.25, 0.3) is 0 Å². The van der Waals surface area contributed by atoms with E-state index >= 15 is 0 Å². The zero-order chi connectivity index (χ0) is 14.0. The largest absolute Gasteiger partial charge is 0.497 e. The monoisotopic (exact) mass is 323 g/mol. The van der Waals surface area contributed by atoms with Gasteiger partial charge in [-0.1, -0.05) is 34.5 Å². The molecule has 1 N–H and O–H groups in total. The van der Waals surface area contributed by atoms with Crippen LogP contribution in [0, 0.1) is 5.92 Å². The molecule has 2 rings (SSSR count). The first-order valence-electron chi connectivity index (χ1n) is 6.32. The minimum absolute atomic E-state index is 0.00485. The number of halogens is 1. The summed E-state index contributed by atoms with van der Waals surface area (Å²) in [6.45, 7) is 4.16. The van der Waals surface area contributed by atoms with Crippen LogP contribution in [0.4, 0.5) is 0 Å². The molecule has 0 saturated heterocycles. The van der Waals surface area contributed by atoms with Crippen molar-refractivity contribution in [2.75, 3.05) is 7.11 Å². The lowest BCUT2D eigenvalue weighted by atomic mass is 9.87. The second-order valence-electron chi connectivity index (χ2n) is 4.95. The van der Waals surface area contributed by atoms with Crippen molar-refractivity contribution >= 4 is 21.8 Å². The van der Waals surface area contributed by atoms with Gasteiger partial charge in [0.05, 0.1) is 7.11 Å². The number of hydrogen-bond acceptors (Lipinski definition) is 2. The first-order valence-corrected chi connectivity index (χ1v) is 7.11. The van der Waals surface area contributed by atoms with Crippen LogP contribution in [-0.2, 0) is 11.2 Å². The molecule has 0 aliphatic carbocycles. The van der Waals surface area contributed by atoms with Gasteiger partial charge in [-0.2, -0.15) is 0 Å². The fourth-order valence-electron chi connectivity index (χ4n) is 2.29. The summed E-state index contributed by atoms with van der Waals surface area (Å²) in [4.78, 5) is 11.6. The molecule has 1 amide bonds. The van der Waals surface area contributed by atoms with Gasteiger partial charge < -0.3 is 10.1 Å². The minimum Gasteiger partial charge on any atom is -0.497 e. The van der Waals surface area contributed by atoms with Gasteiger partial charge in [-0.3, -0.25) is 4.79 Å². The van der Waals surface area contributed by atoms with E-state index in [0.29, 0.717) is 5.92 Å². The fraction of sp³-hybridized carbons (Fsp3) is 0.400. The van der Waals surface area contributed by atoms with Crippen LogP contribution in [0.25, 0.3) is 0 Å². The van der Waals surface area contributed by atoms with Crippen molar-refractivity contribution in [1.29, 1.82) is 0 Å². The second-order valence-corrected chi connectivity index (χ2v) is 5.81. The molecule has 1 aromatic carbocycles. The lowest BCUT2D eigenvalue weighted by Gasteiger charge is -2.29. The highest BCUT2D eigenvalue weighted by Gasteiger charge is 2.25. The highest BCUT2D eigenvalue weighted by atomic mass is 79.9. The molecule has 0 fully saturated rings. The van der Waals surface area contributed by atoms with Crippen molar-refractivity contribution in [3.63, 3.8) is 0 Å². The van der Waals surface area contributed by atoms with Crippen molar-refractivity contribution in [2.45, 2.75) is 26.3 Å². The maximum Gasteiger partial charge on any atom is 0.244 e. The predicted molar refractivity (Wildman–Crippen MR) is 79.2 cm³/mol. The van der Waals surface area contributed by atoms with Crippen LogP contribution in [0.5, 0.6) is 5.75 Å². The zero-order valence-corrected chi connectivity index (χ0v) is 13.0. The molecule has 19 heavy (non-hydrogen) atoms. The topological polar surface area (TPSA) is 38.3 Å². The maximum atomic E-state index is 11.6. The van der Waals surface area contributed by atoms with Crippen LogP contribution in [0.15, 0.2) is 34.3 Å². The van der Waals surface area contributed by atoms with Gasteiger partial charge >= 0.3 is 0 Å². The quantitative estimate of drug-likeness (QED) is 0.928. The zero-order valence-electron chi connectivity index (χ0n) is 11.4. The Morgan fingerprint density at radius 3 is 2.79 bits per heavy atom. The molecule has 0 unspecified atom stereocenters. The molecule has 0 aromatic heterocycles. The van der Waals surface area contributed by atoms with Gasteiger partial charge in [-0.15, -0.1) is 0 Å². The van der Waals surface area contributed by atoms with Gasteiger partial charge in [-0.25, -0.2) is 0 Å². The van der Waals surface area contributed by atoms with Crippen LogP contribution in [0.1, 0.15) is 19.4 Å². The van der Waals surface area contributed by atoms with Crippen LogP contribution in [0.2, 0.25) is 0 Å². The third kappa shape index (κ3) is 3.18. The van der Waals surface area contributed by atoms with E-state index in [2.05, 4.69) is 28.2 Å². The SMILES string of the molecule is COc1ccc(C[C@H]2NC(=O)C=C(C)[C@@H]2C)c(Br)c1. The van der Waals surface area contributed by atoms with Gasteiger partial charge in [0.2, 0.25) is 5.91 Å². The summed E-state index contributed by atoms with van der Waals surface area (Å²) in [6, 6.07) is 6.07. The summed E-state index contributed by atoms with van der Waals surface area (Å²) >= 11 is 3.56. The molecule has 3 nitrogen and oxygen atoms in total. The Morgan fingerprint density at radius 1 is 1.42 bits per heavy atom. The Hall–Kier alpha value is -1.29. The number of amides is 1. The summed E-state index contributed by atoms with van der Waals surface area (Å²) in [5.41, 5.74) is 2.31. The molecule has 0 radical (unpaired) electrons. The lowest BCUT2D eigenvalue weighted by Crippen LogP contribution is -2.44. The Bertz CT molecular complexity index is 525. The Morgan fingerprint density at radius 2 is 2.16 bits per heavy atom. The molecule has 1 heterocycles. The van der Waals surface area contributed by atoms with Crippen molar-refractivity contribution in [2.24, 2.45) is 5.92 Å². The average molecular weight is 324 g/mol. The first kappa shape index (κ1) is 14.1. The molecule has 1 aliphatic heterocycles. The van der Waals surface area contributed by atoms with Crippen LogP contribution in [0.3, 0.4) is 0 Å². The van der Waals surface area contributed by atoms with Gasteiger partial charge in [-0.05, 0) is 37.0 Å². The minimum atomic E-state index is 0.00485. The predicted octanol–water partition coefficient (Wildman–Crippen LogP) is 3.08. The van der Waals surface area contributed by atoms with Crippen LogP contribution in [-0.4, -0.2) is 19.1 Å². The average Bonchev–Trinajstić information content (AvgIpc) is 2.37. The molecular formula is C15H18BrNO2. The standard InChI is InChI=1S/C15H18BrNO2/c1-9-6-15(18)17-14(10(9)2)7-11-4-5-12(19-3)8-13(11)16/h4-6,8,10,14H,7H2,1-3H3,(H,17,18)/t10-,14+/m0/s1. The molecule has 0 saturated carbocycles. The van der Waals surface area contributed by atoms with E-state index in [4.69, 9.17) is 4.74 Å². The molecule has 4 heteroatoms. The van der Waals surface area contributed by atoms with E-state index < -0.39 is 0 Å². The number of methoxy groups -OCH3 is 1. The highest BCUT2D eigenvalue weighted by molar-refractivity contribution is 9.10. The van der Waals surface area contributed by atoms with Crippen LogP contribution >= 0.6 is 15.9 Å². The Kier molecular flexibility index (Phi) is 4.30. The van der Waals surface area contributed by atoms with Crippen LogP contribution < -0.4 is 10.1 Å². The summed E-state index contributed by atoms with van der Waals surface area (Å²) in [7, 11) is 1.65. The highest BCUT2D eigenvalue weighted by Crippen LogP contribution is 2.27. The molecule has 2 atom stereocenters. The van der Waals surface area contributed by atoms with Crippen molar-refractivity contribution in [1.82, 2.24) is 5.32 Å². The number of nitrogens with one attached hydrogen (secondary N) is 1. The first-order chi connectivity index (χ1) is 9.01. The third-order valence-electron chi connectivity index (χ3n) is 3.71. The number of carbonyl (C=O) groups is 1. The molecule has 1 aromatic rings. The number of ether oxygens (including phenoxy) is 1. The normalized spacial score (nSPS) is 22.7. The molecular weight excluding hydrogens is 306 g/mol. The van der Waals surface area contributed by atoms with Crippen molar-refractivity contribution < 1.29 is 9.53 Å². The summed E-state index contributed by atoms with van der Waals surface area (Å²) in [6.07, 6.45) is 2.49. The Balaban J connectivity index is 2.17. The van der Waals surface area contributed by atoms with E-state index in [9.17, 15) is 4.79 Å². The van der Waals surface area contributed by atoms with E-state index in [1.807, 2.05) is 25.1 Å². The second kappa shape index (κ2) is 5.78. The van der Waals surface area contributed by atoms with E-state index in [1.165, 1.54) is 5.56 Å². The number of benzene rings is 1. The lowest BCUT2D eigenvalue weighted by molar-refractivity contribution is -0.118. The smallest absolute Gasteiger partial charge is 0.244 e. The van der Waals surface area contributed by atoms with Crippen molar-refractivity contribution in [3.8, 4) is 5.75 Å². The van der Waals surface area contributed by atoms with Gasteiger partial charge in [0, 0.05) is 16.6 Å². The fourth-order valence-corrected chi connectivity index (χ4v) is 2.81. The molecule has 102 valence electrons. The number of carbonyl (C=O) groups excluding carboxylic acids is 1. The summed E-state index contributed by atoms with van der Waals surface area (Å²) < 4.78 is 6.20. The van der Waals surface area contributed by atoms with Gasteiger partial charge in [0.1, 0.15) is 5.75 Å². The van der Waals surface area contributed by atoms with E-state index in [-0.39, 0.29) is 11.9 Å². The Labute approximate surface area is 122 Å². The summed E-state index contributed by atoms with van der Waals surface area (Å²) in [5.74, 6) is 1.18. The number of rotatable bonds is 3. The van der Waals surface area contributed by atoms with E-state index in [0.717, 1.165) is 22.2 Å². The summed E-state index contributed by atoms with van der Waals surface area (Å²) in [5, 5.41) is 3.03. The third-order valence-corrected chi connectivity index (χ3v) is 4.45. The molecule has 0 bridgehead atoms. The number of hydrogen-bond donors (Lipinski definition) is 1. The maximum absolute atomic E-state index is 11.6. The molecule has 1 aliphatic rings. The van der Waals surface area contributed by atoms with Crippen molar-refractivity contribution in [3.05, 3.63) is 39.9 Å². The molecule has 0 spiro atoms.